The molecule has 1 N–H and O–H groups in total. The molecule has 0 aliphatic carbocycles. The Kier molecular flexibility index (Phi) is 5.84. The van der Waals surface area contributed by atoms with E-state index in [9.17, 15) is 9.59 Å². The van der Waals surface area contributed by atoms with E-state index < -0.39 is 0 Å². The summed E-state index contributed by atoms with van der Waals surface area (Å²) >= 11 is 0. The smallest absolute Gasteiger partial charge is 0.251 e. The van der Waals surface area contributed by atoms with Gasteiger partial charge >= 0.3 is 0 Å². The van der Waals surface area contributed by atoms with Crippen molar-refractivity contribution in [1.82, 2.24) is 19.8 Å². The number of carbonyl (C=O) groups is 2. The van der Waals surface area contributed by atoms with Crippen LogP contribution in [0.1, 0.15) is 41.5 Å². The van der Waals surface area contributed by atoms with Gasteiger partial charge in [0.2, 0.25) is 5.91 Å². The van der Waals surface area contributed by atoms with E-state index >= 15 is 0 Å². The van der Waals surface area contributed by atoms with Crippen molar-refractivity contribution in [3.8, 4) is 0 Å². The molecule has 3 aromatic rings. The summed E-state index contributed by atoms with van der Waals surface area (Å²) in [6, 6.07) is 15.8. The maximum atomic E-state index is 12.6. The van der Waals surface area contributed by atoms with Crippen molar-refractivity contribution in [2.24, 2.45) is 13.0 Å². The summed E-state index contributed by atoms with van der Waals surface area (Å²) in [6.07, 6.45) is 3.08. The van der Waals surface area contributed by atoms with E-state index in [1.54, 1.807) is 6.92 Å². The van der Waals surface area contributed by atoms with Gasteiger partial charge in [0.1, 0.15) is 5.82 Å². The molecule has 2 amide bonds. The summed E-state index contributed by atoms with van der Waals surface area (Å²) in [5.41, 5.74) is 3.88. The second kappa shape index (κ2) is 8.69. The van der Waals surface area contributed by atoms with Crippen molar-refractivity contribution in [3.63, 3.8) is 0 Å². The van der Waals surface area contributed by atoms with E-state index in [0.29, 0.717) is 18.0 Å². The molecule has 1 fully saturated rings. The van der Waals surface area contributed by atoms with Crippen LogP contribution in [-0.4, -0.2) is 39.4 Å². The summed E-state index contributed by atoms with van der Waals surface area (Å²) in [6.45, 7) is 3.73. The third-order valence-electron chi connectivity index (χ3n) is 6.09. The summed E-state index contributed by atoms with van der Waals surface area (Å²) in [7, 11) is 1.96. The van der Waals surface area contributed by atoms with Crippen LogP contribution in [0.4, 0.5) is 0 Å². The lowest BCUT2D eigenvalue weighted by atomic mass is 9.90. The van der Waals surface area contributed by atoms with E-state index in [1.165, 1.54) is 5.56 Å². The fraction of sp³-hybridized carbons (Fsp3) is 0.375. The minimum atomic E-state index is -0.0941. The zero-order chi connectivity index (χ0) is 21.1. The fourth-order valence-corrected chi connectivity index (χ4v) is 4.19. The number of piperidine rings is 1. The monoisotopic (exact) mass is 404 g/mol. The molecule has 0 atom stereocenters. The zero-order valence-corrected chi connectivity index (χ0v) is 17.6. The Morgan fingerprint density at radius 3 is 2.43 bits per heavy atom. The molecule has 2 aromatic carbocycles. The number of para-hydroxylation sites is 2. The normalized spacial score (nSPS) is 14.8. The molecule has 0 unspecified atom stereocenters. The van der Waals surface area contributed by atoms with Crippen LogP contribution in [0, 0.1) is 5.92 Å². The summed E-state index contributed by atoms with van der Waals surface area (Å²) in [5, 5.41) is 2.97. The van der Waals surface area contributed by atoms with Crippen LogP contribution in [0.25, 0.3) is 11.0 Å². The molecule has 0 radical (unpaired) electrons. The standard InChI is InChI=1S/C24H28N4O2/c1-17(29)28-13-11-19(12-14-28)15-18-7-9-20(10-8-18)24(30)25-16-23-26-21-5-3-4-6-22(21)27(23)2/h3-10,19H,11-16H2,1-2H3,(H,25,30). The minimum absolute atomic E-state index is 0.0941. The van der Waals surface area contributed by atoms with Gasteiger partial charge in [0, 0.05) is 32.6 Å². The molecule has 1 aliphatic rings. The SMILES string of the molecule is CC(=O)N1CCC(Cc2ccc(C(=O)NCc3nc4ccccc4n3C)cc2)CC1. The second-order valence-electron chi connectivity index (χ2n) is 8.11. The van der Waals surface area contributed by atoms with Crippen molar-refractivity contribution in [2.75, 3.05) is 13.1 Å². The number of rotatable bonds is 5. The molecule has 1 saturated heterocycles. The molecule has 156 valence electrons. The highest BCUT2D eigenvalue weighted by Gasteiger charge is 2.21. The van der Waals surface area contributed by atoms with Crippen LogP contribution in [-0.2, 0) is 24.8 Å². The first-order valence-corrected chi connectivity index (χ1v) is 10.5. The lowest BCUT2D eigenvalue weighted by Crippen LogP contribution is -2.37. The van der Waals surface area contributed by atoms with Gasteiger partial charge < -0.3 is 14.8 Å². The van der Waals surface area contributed by atoms with Crippen LogP contribution in [0.15, 0.2) is 48.5 Å². The number of hydrogen-bond acceptors (Lipinski definition) is 3. The molecule has 1 aliphatic heterocycles. The van der Waals surface area contributed by atoms with E-state index in [1.807, 2.05) is 65.0 Å². The maximum absolute atomic E-state index is 12.6. The number of aromatic nitrogens is 2. The fourth-order valence-electron chi connectivity index (χ4n) is 4.19. The highest BCUT2D eigenvalue weighted by Crippen LogP contribution is 2.22. The van der Waals surface area contributed by atoms with E-state index in [2.05, 4.69) is 10.3 Å². The second-order valence-corrected chi connectivity index (χ2v) is 8.11. The third-order valence-corrected chi connectivity index (χ3v) is 6.09. The number of hydrogen-bond donors (Lipinski definition) is 1. The Hall–Kier alpha value is -3.15. The number of fused-ring (bicyclic) bond motifs is 1. The number of amides is 2. The van der Waals surface area contributed by atoms with Crippen LogP contribution < -0.4 is 5.32 Å². The van der Waals surface area contributed by atoms with E-state index in [-0.39, 0.29) is 11.8 Å². The number of nitrogens with zero attached hydrogens (tertiary/aromatic N) is 3. The first kappa shape index (κ1) is 20.1. The maximum Gasteiger partial charge on any atom is 0.251 e. The van der Waals surface area contributed by atoms with Gasteiger partial charge in [-0.1, -0.05) is 24.3 Å². The molecule has 0 saturated carbocycles. The van der Waals surface area contributed by atoms with Gasteiger partial charge in [-0.05, 0) is 55.0 Å². The lowest BCUT2D eigenvalue weighted by Gasteiger charge is -2.31. The molecule has 0 bridgehead atoms. The molecule has 2 heterocycles. The van der Waals surface area contributed by atoms with Gasteiger partial charge in [0.25, 0.3) is 5.91 Å². The Labute approximate surface area is 176 Å². The van der Waals surface area contributed by atoms with Crippen LogP contribution >= 0.6 is 0 Å². The average Bonchev–Trinajstić information content (AvgIpc) is 3.09. The Balaban J connectivity index is 1.32. The molecular formula is C24H28N4O2. The first-order valence-electron chi connectivity index (χ1n) is 10.5. The van der Waals surface area contributed by atoms with E-state index in [0.717, 1.165) is 49.2 Å². The van der Waals surface area contributed by atoms with Crippen LogP contribution in [0.3, 0.4) is 0 Å². The van der Waals surface area contributed by atoms with Crippen molar-refractivity contribution in [1.29, 1.82) is 0 Å². The average molecular weight is 405 g/mol. The number of benzene rings is 2. The van der Waals surface area contributed by atoms with Crippen molar-refractivity contribution < 1.29 is 9.59 Å². The molecule has 30 heavy (non-hydrogen) atoms. The van der Waals surface area contributed by atoms with Gasteiger partial charge in [0.05, 0.1) is 17.6 Å². The predicted octanol–water partition coefficient (Wildman–Crippen LogP) is 3.30. The molecule has 6 nitrogen and oxygen atoms in total. The highest BCUT2D eigenvalue weighted by atomic mass is 16.2. The Morgan fingerprint density at radius 1 is 1.07 bits per heavy atom. The molecule has 0 spiro atoms. The number of nitrogens with one attached hydrogen (secondary N) is 1. The Bertz CT molecular complexity index is 1050. The van der Waals surface area contributed by atoms with Crippen molar-refractivity contribution in [2.45, 2.75) is 32.7 Å². The zero-order valence-electron chi connectivity index (χ0n) is 17.6. The van der Waals surface area contributed by atoms with Crippen LogP contribution in [0.2, 0.25) is 0 Å². The van der Waals surface area contributed by atoms with Gasteiger partial charge in [-0.25, -0.2) is 4.98 Å². The van der Waals surface area contributed by atoms with Gasteiger partial charge in [-0.3, -0.25) is 9.59 Å². The molecular weight excluding hydrogens is 376 g/mol. The topological polar surface area (TPSA) is 67.2 Å². The summed E-state index contributed by atoms with van der Waals surface area (Å²) < 4.78 is 2.01. The number of aryl methyl sites for hydroxylation is 1. The molecule has 1 aromatic heterocycles. The van der Waals surface area contributed by atoms with Gasteiger partial charge in [-0.15, -0.1) is 0 Å². The highest BCUT2D eigenvalue weighted by molar-refractivity contribution is 5.94. The van der Waals surface area contributed by atoms with E-state index in [4.69, 9.17) is 0 Å². The number of imidazole rings is 1. The predicted molar refractivity (Wildman–Crippen MR) is 117 cm³/mol. The quantitative estimate of drug-likeness (QED) is 0.709. The Morgan fingerprint density at radius 2 is 1.77 bits per heavy atom. The number of likely N-dealkylation sites (tertiary alicyclic amines) is 1. The third kappa shape index (κ3) is 4.37. The lowest BCUT2D eigenvalue weighted by molar-refractivity contribution is -0.130. The molecule has 6 heteroatoms. The molecule has 4 rings (SSSR count). The largest absolute Gasteiger partial charge is 0.345 e. The summed E-state index contributed by atoms with van der Waals surface area (Å²) in [4.78, 5) is 30.5. The first-order chi connectivity index (χ1) is 14.5. The van der Waals surface area contributed by atoms with Gasteiger partial charge in [-0.2, -0.15) is 0 Å². The summed E-state index contributed by atoms with van der Waals surface area (Å²) in [5.74, 6) is 1.50. The van der Waals surface area contributed by atoms with Crippen LogP contribution in [0.5, 0.6) is 0 Å². The number of carbonyl (C=O) groups excluding carboxylic acids is 2. The van der Waals surface area contributed by atoms with Crippen molar-refractivity contribution >= 4 is 22.8 Å². The minimum Gasteiger partial charge on any atom is -0.345 e. The van der Waals surface area contributed by atoms with Gasteiger partial charge in [0.15, 0.2) is 0 Å². The van der Waals surface area contributed by atoms with Crippen molar-refractivity contribution in [3.05, 3.63) is 65.5 Å².